The molecule has 0 heterocycles. The largest absolute Gasteiger partial charge is 0.412 e. The van der Waals surface area contributed by atoms with Crippen molar-refractivity contribution < 1.29 is 26.5 Å². The Labute approximate surface area is 164 Å². The molecular formula is C17H37MoNOS2. The molecule has 0 saturated heterocycles. The monoisotopic (exact) mass is 433 g/mol. The van der Waals surface area contributed by atoms with Crippen LogP contribution in [0, 0.1) is 11.8 Å². The summed E-state index contributed by atoms with van der Waals surface area (Å²) in [4.78, 5) is 2.35. The normalized spacial score (nSPS) is 12.8. The quantitative estimate of drug-likeness (QED) is 0.265. The zero-order chi connectivity index (χ0) is 15.4. The molecule has 0 aliphatic heterocycles. The van der Waals surface area contributed by atoms with Crippen LogP contribution in [0.15, 0.2) is 0 Å². The van der Waals surface area contributed by atoms with Gasteiger partial charge >= 0.3 is 0 Å². The number of unbranched alkanes of at least 4 members (excludes halogenated alkanes) is 2. The second-order valence-electron chi connectivity index (χ2n) is 6.02. The summed E-state index contributed by atoms with van der Waals surface area (Å²) in [7, 11) is 0. The summed E-state index contributed by atoms with van der Waals surface area (Å²) in [5.41, 5.74) is 0. The van der Waals surface area contributed by atoms with E-state index in [2.05, 4.69) is 45.2 Å². The van der Waals surface area contributed by atoms with E-state index in [-0.39, 0.29) is 26.5 Å². The Balaban J connectivity index is -0.00000180. The first-order chi connectivity index (χ1) is 9.58. The van der Waals surface area contributed by atoms with Crippen LogP contribution in [0.4, 0.5) is 0 Å². The van der Waals surface area contributed by atoms with Crippen molar-refractivity contribution in [1.82, 2.24) is 4.90 Å². The summed E-state index contributed by atoms with van der Waals surface area (Å²) in [6.45, 7) is 11.3. The van der Waals surface area contributed by atoms with Gasteiger partial charge < -0.3 is 10.4 Å². The summed E-state index contributed by atoms with van der Waals surface area (Å²) < 4.78 is 0.787. The minimum Gasteiger partial charge on any atom is -0.412 e. The SMILES string of the molecule is CCCCC(CC)CN(CC(CC)CCCC)C(=S)S.O.[Mo]. The van der Waals surface area contributed by atoms with Crippen LogP contribution in [0.25, 0.3) is 0 Å². The minimum absolute atomic E-state index is 0. The fraction of sp³-hybridized carbons (Fsp3) is 0.941. The Morgan fingerprint density at radius 1 is 0.909 bits per heavy atom. The van der Waals surface area contributed by atoms with Gasteiger partial charge in [-0.1, -0.05) is 78.4 Å². The van der Waals surface area contributed by atoms with E-state index in [0.29, 0.717) is 0 Å². The van der Waals surface area contributed by atoms with Gasteiger partial charge in [-0.25, -0.2) is 0 Å². The summed E-state index contributed by atoms with van der Waals surface area (Å²) in [5, 5.41) is 0. The summed E-state index contributed by atoms with van der Waals surface area (Å²) in [6.07, 6.45) is 10.4. The van der Waals surface area contributed by atoms with Crippen LogP contribution in [-0.2, 0) is 21.1 Å². The van der Waals surface area contributed by atoms with Gasteiger partial charge in [-0.15, -0.1) is 12.6 Å². The van der Waals surface area contributed by atoms with E-state index in [1.165, 1.54) is 51.4 Å². The predicted octanol–water partition coefficient (Wildman–Crippen LogP) is 5.11. The van der Waals surface area contributed by atoms with Crippen LogP contribution in [-0.4, -0.2) is 27.8 Å². The minimum atomic E-state index is 0. The molecule has 0 fully saturated rings. The van der Waals surface area contributed by atoms with Crippen LogP contribution < -0.4 is 0 Å². The number of hydrogen-bond acceptors (Lipinski definition) is 1. The maximum absolute atomic E-state index is 5.36. The molecule has 0 saturated carbocycles. The van der Waals surface area contributed by atoms with Crippen LogP contribution in [0.2, 0.25) is 0 Å². The van der Waals surface area contributed by atoms with Crippen molar-refractivity contribution in [3.05, 3.63) is 0 Å². The van der Waals surface area contributed by atoms with Crippen molar-refractivity contribution in [1.29, 1.82) is 0 Å². The molecule has 0 aromatic heterocycles. The maximum atomic E-state index is 5.36. The Bertz CT molecular complexity index is 237. The smallest absolute Gasteiger partial charge is 0.133 e. The number of thiocarbonyl (C=S) groups is 1. The molecule has 0 rings (SSSR count). The molecule has 0 bridgehead atoms. The first-order valence-corrected chi connectivity index (χ1v) is 9.42. The molecule has 2 unspecified atom stereocenters. The van der Waals surface area contributed by atoms with Crippen molar-refractivity contribution in [2.24, 2.45) is 11.8 Å². The molecule has 5 heteroatoms. The standard InChI is InChI=1S/C17H35NS2.Mo.H2O/c1-5-9-11-15(7-3)13-18(17(19)20)14-16(8-4)12-10-6-2;;/h15-16H,5-14H2,1-4H3,(H,19,20);;1H2. The fourth-order valence-corrected chi connectivity index (χ4v) is 3.00. The van der Waals surface area contributed by atoms with E-state index in [1.54, 1.807) is 0 Å². The average molecular weight is 432 g/mol. The van der Waals surface area contributed by atoms with Crippen LogP contribution in [0.3, 0.4) is 0 Å². The van der Waals surface area contributed by atoms with Gasteiger partial charge in [-0.3, -0.25) is 0 Å². The molecule has 134 valence electrons. The van der Waals surface area contributed by atoms with E-state index >= 15 is 0 Å². The molecule has 22 heavy (non-hydrogen) atoms. The van der Waals surface area contributed by atoms with E-state index in [1.807, 2.05) is 0 Å². The molecule has 0 radical (unpaired) electrons. The number of nitrogens with zero attached hydrogens (tertiary/aromatic N) is 1. The third kappa shape index (κ3) is 13.3. The molecule has 2 nitrogen and oxygen atoms in total. The van der Waals surface area contributed by atoms with Crippen LogP contribution >= 0.6 is 24.8 Å². The first kappa shape index (κ1) is 27.7. The topological polar surface area (TPSA) is 34.7 Å². The van der Waals surface area contributed by atoms with Gasteiger partial charge in [-0.05, 0) is 24.7 Å². The van der Waals surface area contributed by atoms with Crippen molar-refractivity contribution in [3.63, 3.8) is 0 Å². The Morgan fingerprint density at radius 2 is 1.27 bits per heavy atom. The third-order valence-corrected chi connectivity index (χ3v) is 4.86. The van der Waals surface area contributed by atoms with Crippen molar-refractivity contribution in [3.8, 4) is 0 Å². The van der Waals surface area contributed by atoms with E-state index in [9.17, 15) is 0 Å². The molecule has 0 aromatic rings. The Morgan fingerprint density at radius 3 is 1.50 bits per heavy atom. The van der Waals surface area contributed by atoms with Gasteiger partial charge in [0.1, 0.15) is 4.32 Å². The zero-order valence-corrected chi connectivity index (χ0v) is 18.7. The van der Waals surface area contributed by atoms with Gasteiger partial charge in [0, 0.05) is 34.2 Å². The summed E-state index contributed by atoms with van der Waals surface area (Å²) in [6, 6.07) is 0. The van der Waals surface area contributed by atoms with Crippen molar-refractivity contribution in [2.45, 2.75) is 79.1 Å². The second kappa shape index (κ2) is 18.2. The molecule has 0 amide bonds. The van der Waals surface area contributed by atoms with Gasteiger partial charge in [0.2, 0.25) is 0 Å². The Kier molecular flexibility index (Phi) is 23.0. The summed E-state index contributed by atoms with van der Waals surface area (Å²) >= 11 is 9.82. The fourth-order valence-electron chi connectivity index (χ4n) is 2.69. The van der Waals surface area contributed by atoms with E-state index < -0.39 is 0 Å². The summed E-state index contributed by atoms with van der Waals surface area (Å²) in [5.74, 6) is 1.53. The maximum Gasteiger partial charge on any atom is 0.133 e. The van der Waals surface area contributed by atoms with E-state index in [4.69, 9.17) is 12.2 Å². The van der Waals surface area contributed by atoms with Gasteiger partial charge in [-0.2, -0.15) is 0 Å². The van der Waals surface area contributed by atoms with Crippen LogP contribution in [0.1, 0.15) is 79.1 Å². The van der Waals surface area contributed by atoms with Gasteiger partial charge in [0.05, 0.1) is 0 Å². The second-order valence-corrected chi connectivity index (χ2v) is 7.13. The molecular weight excluding hydrogens is 394 g/mol. The predicted molar refractivity (Wildman–Crippen MR) is 103 cm³/mol. The molecule has 0 spiro atoms. The number of thiol groups is 1. The molecule has 0 aliphatic rings. The third-order valence-electron chi connectivity index (χ3n) is 4.31. The molecule has 0 aromatic carbocycles. The first-order valence-electron chi connectivity index (χ1n) is 8.56. The molecule has 2 atom stereocenters. The van der Waals surface area contributed by atoms with Gasteiger partial charge in [0.25, 0.3) is 0 Å². The zero-order valence-electron chi connectivity index (χ0n) is 14.9. The average Bonchev–Trinajstić information content (AvgIpc) is 2.45. The number of rotatable bonds is 12. The molecule has 2 N–H and O–H groups in total. The van der Waals surface area contributed by atoms with E-state index in [0.717, 1.165) is 29.2 Å². The van der Waals surface area contributed by atoms with Crippen molar-refractivity contribution >= 4 is 29.2 Å². The molecule has 0 aliphatic carbocycles. The van der Waals surface area contributed by atoms with Crippen molar-refractivity contribution in [2.75, 3.05) is 13.1 Å². The Hall–Kier alpha value is 0.888. The van der Waals surface area contributed by atoms with Gasteiger partial charge in [0.15, 0.2) is 0 Å². The number of hydrogen-bond donors (Lipinski definition) is 1. The van der Waals surface area contributed by atoms with Crippen LogP contribution in [0.5, 0.6) is 0 Å².